The number of hydrogen-bond donors (Lipinski definition) is 21. The Bertz CT molecular complexity index is 4780. The number of phenolic OH excluding ortho intramolecular Hbond substituents is 3. The van der Waals surface area contributed by atoms with Crippen LogP contribution in [-0.2, 0) is 63.9 Å². The molecule has 7 aliphatic rings. The Labute approximate surface area is 755 Å². The Balaban J connectivity index is 1.15. The van der Waals surface area contributed by atoms with Gasteiger partial charge in [0.2, 0.25) is 47.8 Å². The molecule has 5 amide bonds. The normalized spacial score (nSPS) is 26.7. The molecule has 1 saturated carbocycles. The molecule has 1 aliphatic carbocycles. The van der Waals surface area contributed by atoms with Gasteiger partial charge in [-0.2, -0.15) is 0 Å². The summed E-state index contributed by atoms with van der Waals surface area (Å²) in [5.74, 6) is -18.7. The fourth-order valence-electron chi connectivity index (χ4n) is 17.4. The van der Waals surface area contributed by atoms with E-state index in [0.29, 0.717) is 13.0 Å². The number of benzene rings is 5. The highest BCUT2D eigenvalue weighted by Crippen LogP contribution is 2.52. The van der Waals surface area contributed by atoms with Gasteiger partial charge in [-0.25, -0.2) is 0 Å². The molecule has 708 valence electrons. The number of halogens is 2. The van der Waals surface area contributed by atoms with E-state index in [1.807, 2.05) is 27.7 Å². The predicted molar refractivity (Wildman–Crippen MR) is 464 cm³/mol. The van der Waals surface area contributed by atoms with Crippen LogP contribution < -0.4 is 51.8 Å². The molecule has 36 nitrogen and oxygen atoms in total. The number of ketones is 3. The van der Waals surface area contributed by atoms with Crippen LogP contribution in [0.4, 0.5) is 0 Å². The number of hydrogen-bond acceptors (Lipinski definition) is 31. The van der Waals surface area contributed by atoms with Gasteiger partial charge < -0.3 is 138 Å². The van der Waals surface area contributed by atoms with Gasteiger partial charge in [-0.3, -0.25) is 43.2 Å². The largest absolute Gasteiger partial charge is 0.507 e. The number of nitrogens with two attached hydrogens (primary N) is 1. The van der Waals surface area contributed by atoms with Crippen molar-refractivity contribution >= 4 is 76.6 Å². The SMILES string of the molecule is CCCCCCCCCCNC1(C)C[C@H](O[C@@H]2C(O)C(O)[C@@H](CO)O[C@H]2Oc2c3cc4cc2Oc2ccc(cc2Cl)[C@@H](O)[C@@H](NC(=O)[C@H](CC)CC(C)C)C(=O)C[C@@H](CC(N)=O)C(=O)N[C@H]4C(=O)C[C@@H]2C(=O)N[C@H](C(=O)N[C@H](OC=O)c4cc(O)c(CNCCCCC(=O)[C@H](O)[C@@H](O)[C@H](O)[C@H](O)CO)c(O)c4-c4cc2ccc4O)[C@H](O)c2ccc(c(Cl)c2)O3)C[C@@H](C)[C@H]1O. The zero-order valence-corrected chi connectivity index (χ0v) is 74.2. The van der Waals surface area contributed by atoms with Crippen LogP contribution in [0.1, 0.15) is 221 Å². The number of primary amides is 1. The third kappa shape index (κ3) is 24.9. The Hall–Kier alpha value is -9.29. The number of aliphatic hydroxyl groups excluding tert-OH is 11. The summed E-state index contributed by atoms with van der Waals surface area (Å²) in [6.45, 7) is 9.37. The van der Waals surface area contributed by atoms with Gasteiger partial charge in [0.25, 0.3) is 6.47 Å². The topological polar surface area (TPSA) is 590 Å². The molecule has 3 unspecified atom stereocenters. The Morgan fingerprint density at radius 1 is 0.705 bits per heavy atom. The van der Waals surface area contributed by atoms with E-state index in [-0.39, 0.29) is 102 Å². The van der Waals surface area contributed by atoms with Crippen molar-refractivity contribution in [2.45, 2.75) is 279 Å². The van der Waals surface area contributed by atoms with Crippen molar-refractivity contribution < 1.29 is 143 Å². The number of aliphatic hydroxyl groups is 11. The smallest absolute Gasteiger partial charge is 0.295 e. The second-order valence-corrected chi connectivity index (χ2v) is 35.6. The minimum atomic E-state index is -2.25. The highest BCUT2D eigenvalue weighted by Gasteiger charge is 2.52. The molecule has 5 aromatic rings. The Morgan fingerprint density at radius 3 is 1.95 bits per heavy atom. The molecule has 129 heavy (non-hydrogen) atoms. The first kappa shape index (κ1) is 102. The van der Waals surface area contributed by atoms with E-state index < -0.39 is 275 Å². The van der Waals surface area contributed by atoms with Gasteiger partial charge in [0, 0.05) is 60.4 Å². The van der Waals surface area contributed by atoms with Crippen LogP contribution in [-0.4, -0.2) is 236 Å². The molecular weight excluding hydrogens is 1730 g/mol. The maximum Gasteiger partial charge on any atom is 0.295 e. The number of fused-ring (bicyclic) bond motifs is 15. The van der Waals surface area contributed by atoms with Crippen LogP contribution in [0.15, 0.2) is 72.8 Å². The third-order valence-corrected chi connectivity index (χ3v) is 25.3. The van der Waals surface area contributed by atoms with Gasteiger partial charge in [-0.15, -0.1) is 0 Å². The predicted octanol–water partition coefficient (Wildman–Crippen LogP) is 5.27. The lowest BCUT2D eigenvalue weighted by Crippen LogP contribution is -2.64. The minimum Gasteiger partial charge on any atom is -0.507 e. The van der Waals surface area contributed by atoms with Gasteiger partial charge in [0.15, 0.2) is 28.8 Å². The molecule has 0 spiro atoms. The van der Waals surface area contributed by atoms with Crippen LogP contribution in [0.5, 0.6) is 46.0 Å². The zero-order chi connectivity index (χ0) is 94.2. The van der Waals surface area contributed by atoms with Crippen molar-refractivity contribution in [3.8, 4) is 57.1 Å². The summed E-state index contributed by atoms with van der Waals surface area (Å²) in [6.07, 6.45) is -19.4. The fraction of sp³-hybridized carbons (Fsp3) is 0.571. The Kier molecular flexibility index (Phi) is 36.5. The van der Waals surface area contributed by atoms with Gasteiger partial charge >= 0.3 is 0 Å². The van der Waals surface area contributed by atoms with Crippen molar-refractivity contribution in [2.75, 3.05) is 26.3 Å². The molecule has 0 radical (unpaired) electrons. The zero-order valence-electron chi connectivity index (χ0n) is 72.7. The number of nitrogens with one attached hydrogen (secondary N) is 6. The monoisotopic (exact) mass is 1850 g/mol. The lowest BCUT2D eigenvalue weighted by atomic mass is 9.73. The lowest BCUT2D eigenvalue weighted by molar-refractivity contribution is -0.299. The fourth-order valence-corrected chi connectivity index (χ4v) is 17.8. The quantitative estimate of drug-likeness (QED) is 0.0179. The number of phenols is 3. The van der Waals surface area contributed by atoms with E-state index >= 15 is 24.0 Å². The average Bonchev–Trinajstić information content (AvgIpc) is 0.755. The van der Waals surface area contributed by atoms with Gasteiger partial charge in [-0.05, 0) is 154 Å². The molecule has 6 heterocycles. The molecule has 38 heteroatoms. The molecule has 6 aliphatic heterocycles. The van der Waals surface area contributed by atoms with Crippen LogP contribution in [0.2, 0.25) is 10.0 Å². The van der Waals surface area contributed by atoms with Crippen molar-refractivity contribution in [1.29, 1.82) is 0 Å². The average molecular weight is 1850 g/mol. The van der Waals surface area contributed by atoms with Crippen molar-refractivity contribution in [1.82, 2.24) is 31.9 Å². The first-order chi connectivity index (χ1) is 61.3. The van der Waals surface area contributed by atoms with E-state index in [1.54, 1.807) is 6.92 Å². The molecule has 1 saturated heterocycles. The summed E-state index contributed by atoms with van der Waals surface area (Å²) in [5.41, 5.74) is 2.19. The van der Waals surface area contributed by atoms with Crippen LogP contribution >= 0.6 is 23.2 Å². The van der Waals surface area contributed by atoms with E-state index in [9.17, 15) is 90.7 Å². The van der Waals surface area contributed by atoms with E-state index in [2.05, 4.69) is 38.8 Å². The highest BCUT2D eigenvalue weighted by molar-refractivity contribution is 6.32. The Morgan fingerprint density at radius 2 is 1.34 bits per heavy atom. The number of carbonyl (C=O) groups excluding carboxylic acids is 9. The lowest BCUT2D eigenvalue weighted by Gasteiger charge is -2.49. The number of carbonyl (C=O) groups is 9. The molecule has 11 bridgehead atoms. The van der Waals surface area contributed by atoms with Crippen molar-refractivity contribution in [3.05, 3.63) is 116 Å². The summed E-state index contributed by atoms with van der Waals surface area (Å²) in [4.78, 5) is 132. The standard InChI is InChI=1S/C91H121Cl2N7O29/c1-7-9-10-11-12-13-14-16-26-96-91(6)38-51(28-44(5)84(91)119)125-83-81(118)79(116)68(41-102)128-90(83)129-82-66-33-49-34-67(82)127-65-24-21-48(31-57(65)93)75(112)73-88(123)100-89(124-42-103)54-37-60(106)55(39-95-25-17-15-18-59(105)77(114)80(117)78(115)63(109)40-101)76(113)70(54)53-29-46(19-22-58(53)104)52(87(122)99-73)36-62(108)71(49)97-86(121)50(35-69(94)110)32-61(107)72(98-85(120)45(8-2)27-43(3)4)74(111)47-20-23-64(126-66)56(92)30-47/h19-24,29-31,33-34,37,42-45,50-52,63,68,71-75,77-81,83-84,89-90,95-96,101-102,104,106,109,111-119H,7-18,25-28,32,35-36,38-41H2,1-6H3,(H2,94,110)(H,97,121)(H,98,120)(H,99,122)(H,100,123)/t44-,45-,50+,51-,52+,63-,68-,71-,72+,73+,74-,75-,77+,78-,79?,80-,81?,83-,84-,89-,90+,91?/m1/s1. The highest BCUT2D eigenvalue weighted by atomic mass is 35.5. The maximum atomic E-state index is 16.6. The summed E-state index contributed by atoms with van der Waals surface area (Å²) in [7, 11) is 0. The van der Waals surface area contributed by atoms with E-state index in [4.69, 9.17) is 57.4 Å². The minimum absolute atomic E-state index is 0.000743. The van der Waals surface area contributed by atoms with Gasteiger partial charge in [0.1, 0.15) is 108 Å². The molecule has 12 rings (SSSR count). The van der Waals surface area contributed by atoms with Gasteiger partial charge in [0.05, 0.1) is 52.9 Å². The number of unbranched alkanes of at least 4 members (excludes halogenated alkanes) is 8. The first-order valence-electron chi connectivity index (χ1n) is 43.8. The molecule has 22 N–H and O–H groups in total. The summed E-state index contributed by atoms with van der Waals surface area (Å²) < 4.78 is 39.3. The summed E-state index contributed by atoms with van der Waals surface area (Å²) >= 11 is 14.5. The van der Waals surface area contributed by atoms with E-state index in [1.165, 1.54) is 36.8 Å². The van der Waals surface area contributed by atoms with Crippen molar-refractivity contribution in [3.63, 3.8) is 0 Å². The van der Waals surface area contributed by atoms with Crippen LogP contribution in [0.3, 0.4) is 0 Å². The number of ether oxygens (including phenoxy) is 6. The number of Topliss-reactive ketones (excluding diaryl/α,β-unsaturated/α-hetero) is 3. The second kappa shape index (κ2) is 46.2. The van der Waals surface area contributed by atoms with Crippen LogP contribution in [0.25, 0.3) is 11.1 Å². The van der Waals surface area contributed by atoms with Gasteiger partial charge in [-0.1, -0.05) is 121 Å². The maximum absolute atomic E-state index is 16.6. The number of rotatable bonds is 36. The molecular formula is C91H121Cl2N7O29. The molecule has 22 atom stereocenters. The first-order valence-corrected chi connectivity index (χ1v) is 44.6. The summed E-state index contributed by atoms with van der Waals surface area (Å²) in [5, 5.41) is 175. The van der Waals surface area contributed by atoms with Crippen molar-refractivity contribution in [2.24, 2.45) is 29.4 Å². The molecule has 5 aromatic carbocycles. The third-order valence-electron chi connectivity index (χ3n) is 24.7. The summed E-state index contributed by atoms with van der Waals surface area (Å²) in [6, 6.07) is 7.36. The molecule has 2 fully saturated rings. The van der Waals surface area contributed by atoms with Crippen LogP contribution in [0, 0.1) is 23.7 Å². The second-order valence-electron chi connectivity index (χ2n) is 34.8. The number of aromatic hydroxyl groups is 3. The number of amides is 5. The molecule has 0 aromatic heterocycles. The van der Waals surface area contributed by atoms with E-state index in [0.717, 1.165) is 87.4 Å².